The zero-order valence-corrected chi connectivity index (χ0v) is 11.1. The van der Waals surface area contributed by atoms with Crippen LogP contribution in [0.3, 0.4) is 0 Å². The molecule has 19 heavy (non-hydrogen) atoms. The Balaban J connectivity index is 1.88. The minimum absolute atomic E-state index is 0.204. The average molecular weight is 281 g/mol. The number of halogens is 2. The number of hydrogen-bond donors (Lipinski definition) is 0. The smallest absolute Gasteiger partial charge is 0.177 e. The van der Waals surface area contributed by atoms with Crippen LogP contribution >= 0.6 is 11.6 Å². The van der Waals surface area contributed by atoms with Crippen LogP contribution in [0.15, 0.2) is 30.5 Å². The van der Waals surface area contributed by atoms with E-state index in [9.17, 15) is 4.39 Å². The molecule has 100 valence electrons. The van der Waals surface area contributed by atoms with Gasteiger partial charge >= 0.3 is 0 Å². The van der Waals surface area contributed by atoms with E-state index in [1.54, 1.807) is 24.4 Å². The van der Waals surface area contributed by atoms with Gasteiger partial charge in [-0.15, -0.1) is 0 Å². The van der Waals surface area contributed by atoms with Gasteiger partial charge in [-0.05, 0) is 37.8 Å². The topological polar surface area (TPSA) is 27.1 Å². The van der Waals surface area contributed by atoms with E-state index in [1.807, 2.05) is 0 Å². The molecule has 0 bridgehead atoms. The fraction of sp³-hybridized carbons (Fsp3) is 0.357. The van der Waals surface area contributed by atoms with Crippen LogP contribution in [0.25, 0.3) is 5.69 Å². The van der Waals surface area contributed by atoms with Crippen molar-refractivity contribution in [2.45, 2.75) is 31.8 Å². The summed E-state index contributed by atoms with van der Waals surface area (Å²) >= 11 is 6.22. The molecule has 1 aromatic heterocycles. The van der Waals surface area contributed by atoms with E-state index in [-0.39, 0.29) is 11.9 Å². The van der Waals surface area contributed by atoms with Crippen LogP contribution in [-0.2, 0) is 0 Å². The molecule has 1 aromatic carbocycles. The lowest BCUT2D eigenvalue weighted by molar-refractivity contribution is 0.210. The van der Waals surface area contributed by atoms with Crippen molar-refractivity contribution in [1.29, 1.82) is 0 Å². The van der Waals surface area contributed by atoms with Gasteiger partial charge in [0, 0.05) is 0 Å². The number of rotatable bonds is 3. The van der Waals surface area contributed by atoms with Gasteiger partial charge in [-0.1, -0.05) is 23.7 Å². The Morgan fingerprint density at radius 2 is 2.00 bits per heavy atom. The highest BCUT2D eigenvalue weighted by Crippen LogP contribution is 2.31. The minimum atomic E-state index is -0.361. The van der Waals surface area contributed by atoms with Gasteiger partial charge in [0.1, 0.15) is 11.5 Å². The SMILES string of the molecule is Fc1ccccc1-n1ncc(OC2CCCC2)c1Cl. The number of hydrogen-bond acceptors (Lipinski definition) is 2. The lowest BCUT2D eigenvalue weighted by Crippen LogP contribution is -2.10. The Morgan fingerprint density at radius 3 is 2.74 bits per heavy atom. The molecule has 0 unspecified atom stereocenters. The summed E-state index contributed by atoms with van der Waals surface area (Å²) < 4.78 is 20.9. The number of benzene rings is 1. The summed E-state index contributed by atoms with van der Waals surface area (Å²) in [5, 5.41) is 4.43. The van der Waals surface area contributed by atoms with Gasteiger partial charge in [0.25, 0.3) is 0 Å². The van der Waals surface area contributed by atoms with Crippen molar-refractivity contribution in [2.75, 3.05) is 0 Å². The first kappa shape index (κ1) is 12.5. The Bertz CT molecular complexity index is 579. The first-order valence-corrected chi connectivity index (χ1v) is 6.78. The third-order valence-electron chi connectivity index (χ3n) is 3.36. The molecular weight excluding hydrogens is 267 g/mol. The van der Waals surface area contributed by atoms with Crippen LogP contribution in [0.2, 0.25) is 5.15 Å². The van der Waals surface area contributed by atoms with Crippen LogP contribution in [0.4, 0.5) is 4.39 Å². The summed E-state index contributed by atoms with van der Waals surface area (Å²) in [6.45, 7) is 0. The first-order valence-electron chi connectivity index (χ1n) is 6.41. The molecule has 1 aliphatic carbocycles. The summed E-state index contributed by atoms with van der Waals surface area (Å²) in [7, 11) is 0. The Hall–Kier alpha value is -1.55. The van der Waals surface area contributed by atoms with Crippen molar-refractivity contribution >= 4 is 11.6 Å². The van der Waals surface area contributed by atoms with Gasteiger partial charge in [0.05, 0.1) is 12.3 Å². The van der Waals surface area contributed by atoms with Gasteiger partial charge in [0.15, 0.2) is 10.9 Å². The molecular formula is C14H14ClFN2O. The molecule has 1 heterocycles. The van der Waals surface area contributed by atoms with Crippen molar-refractivity contribution < 1.29 is 9.13 Å². The minimum Gasteiger partial charge on any atom is -0.485 e. The van der Waals surface area contributed by atoms with Crippen LogP contribution in [0, 0.1) is 5.82 Å². The molecule has 1 aliphatic rings. The van der Waals surface area contributed by atoms with E-state index in [2.05, 4.69) is 5.10 Å². The summed E-state index contributed by atoms with van der Waals surface area (Å²) in [5.41, 5.74) is 0.328. The predicted octanol–water partition coefficient (Wildman–Crippen LogP) is 3.99. The second-order valence-corrected chi connectivity index (χ2v) is 5.05. The third kappa shape index (κ3) is 2.45. The Morgan fingerprint density at radius 1 is 1.26 bits per heavy atom. The molecule has 0 aliphatic heterocycles. The molecule has 1 saturated carbocycles. The monoisotopic (exact) mass is 280 g/mol. The molecule has 0 spiro atoms. The van der Waals surface area contributed by atoms with Crippen molar-refractivity contribution in [3.05, 3.63) is 41.4 Å². The summed E-state index contributed by atoms with van der Waals surface area (Å²) in [6.07, 6.45) is 6.21. The molecule has 0 radical (unpaired) electrons. The fourth-order valence-corrected chi connectivity index (χ4v) is 2.60. The summed E-state index contributed by atoms with van der Waals surface area (Å²) in [5.74, 6) is 0.164. The molecule has 1 fully saturated rings. The Labute approximate surface area is 115 Å². The van der Waals surface area contributed by atoms with E-state index in [0.717, 1.165) is 12.8 Å². The third-order valence-corrected chi connectivity index (χ3v) is 3.70. The Kier molecular flexibility index (Phi) is 3.42. The lowest BCUT2D eigenvalue weighted by Gasteiger charge is -2.11. The highest BCUT2D eigenvalue weighted by atomic mass is 35.5. The van der Waals surface area contributed by atoms with E-state index >= 15 is 0 Å². The molecule has 0 N–H and O–H groups in total. The predicted molar refractivity (Wildman–Crippen MR) is 71.4 cm³/mol. The zero-order valence-electron chi connectivity index (χ0n) is 10.4. The van der Waals surface area contributed by atoms with Crippen molar-refractivity contribution in [2.24, 2.45) is 0 Å². The van der Waals surface area contributed by atoms with Gasteiger partial charge < -0.3 is 4.74 Å². The van der Waals surface area contributed by atoms with Gasteiger partial charge in [-0.2, -0.15) is 5.10 Å². The highest BCUT2D eigenvalue weighted by Gasteiger charge is 2.20. The normalized spacial score (nSPS) is 15.9. The largest absolute Gasteiger partial charge is 0.485 e. The van der Waals surface area contributed by atoms with Crippen LogP contribution in [0.1, 0.15) is 25.7 Å². The van der Waals surface area contributed by atoms with Gasteiger partial charge in [0.2, 0.25) is 0 Å². The number of ether oxygens (including phenoxy) is 1. The maximum Gasteiger partial charge on any atom is 0.177 e. The van der Waals surface area contributed by atoms with Crippen molar-refractivity contribution in [3.63, 3.8) is 0 Å². The first-order chi connectivity index (χ1) is 9.25. The lowest BCUT2D eigenvalue weighted by atomic mass is 10.3. The highest BCUT2D eigenvalue weighted by molar-refractivity contribution is 6.31. The van der Waals surface area contributed by atoms with Crippen LogP contribution in [0.5, 0.6) is 5.75 Å². The molecule has 5 heteroatoms. The molecule has 3 nitrogen and oxygen atoms in total. The maximum absolute atomic E-state index is 13.7. The molecule has 0 amide bonds. The van der Waals surface area contributed by atoms with Crippen LogP contribution < -0.4 is 4.74 Å². The number of aromatic nitrogens is 2. The average Bonchev–Trinajstić information content (AvgIpc) is 3.03. The van der Waals surface area contributed by atoms with Crippen molar-refractivity contribution in [1.82, 2.24) is 9.78 Å². The number of nitrogens with zero attached hydrogens (tertiary/aromatic N) is 2. The van der Waals surface area contributed by atoms with E-state index < -0.39 is 0 Å². The quantitative estimate of drug-likeness (QED) is 0.850. The van der Waals surface area contributed by atoms with Gasteiger partial charge in [-0.25, -0.2) is 9.07 Å². The maximum atomic E-state index is 13.7. The molecule has 2 aromatic rings. The molecule has 3 rings (SSSR count). The molecule has 0 saturated heterocycles. The molecule has 0 atom stereocenters. The van der Waals surface area contributed by atoms with Gasteiger partial charge in [-0.3, -0.25) is 0 Å². The van der Waals surface area contributed by atoms with E-state index in [4.69, 9.17) is 16.3 Å². The second-order valence-electron chi connectivity index (χ2n) is 4.69. The standard InChI is InChI=1S/C14H14ClFN2O/c15-14-13(19-10-5-1-2-6-10)9-17-18(14)12-8-4-3-7-11(12)16/h3-4,7-10H,1-2,5-6H2. The second kappa shape index (κ2) is 5.21. The summed E-state index contributed by atoms with van der Waals surface area (Å²) in [4.78, 5) is 0. The number of para-hydroxylation sites is 1. The summed E-state index contributed by atoms with van der Waals surface area (Å²) in [6, 6.07) is 6.39. The van der Waals surface area contributed by atoms with E-state index in [1.165, 1.54) is 23.6 Å². The fourth-order valence-electron chi connectivity index (χ4n) is 2.37. The van der Waals surface area contributed by atoms with E-state index in [0.29, 0.717) is 16.6 Å². The van der Waals surface area contributed by atoms with Crippen molar-refractivity contribution in [3.8, 4) is 11.4 Å². The van der Waals surface area contributed by atoms with Crippen LogP contribution in [-0.4, -0.2) is 15.9 Å². The zero-order chi connectivity index (χ0) is 13.2.